The standard InChI is InChI=1S/C48H28N4S/c1-2-12-29(13-3-1)46-36-15-4-6-19-38(36)49-48(50-46)52-39-20-7-5-14-32(39)37-28-30(24-26-40(37)52)31-25-27-42-45-33(31)16-10-17-34(45)35-18-11-23-44-47(35)51(42)41-21-8-9-22-43(41)53-44/h1-28H. The Morgan fingerprint density at radius 3 is 2.00 bits per heavy atom. The monoisotopic (exact) mass is 692 g/mol. The summed E-state index contributed by atoms with van der Waals surface area (Å²) in [5.41, 5.74) is 11.2. The van der Waals surface area contributed by atoms with Crippen LogP contribution in [0.5, 0.6) is 0 Å². The molecule has 0 spiro atoms. The average molecular weight is 693 g/mol. The summed E-state index contributed by atoms with van der Waals surface area (Å²) in [6.07, 6.45) is 0. The molecule has 0 bridgehead atoms. The van der Waals surface area contributed by atoms with Crippen molar-refractivity contribution in [3.8, 4) is 34.0 Å². The van der Waals surface area contributed by atoms with E-state index in [9.17, 15) is 0 Å². The van der Waals surface area contributed by atoms with Crippen LogP contribution in [0.2, 0.25) is 0 Å². The van der Waals surface area contributed by atoms with Gasteiger partial charge >= 0.3 is 0 Å². The Labute approximate surface area is 307 Å². The lowest BCUT2D eigenvalue weighted by atomic mass is 9.92. The Kier molecular flexibility index (Phi) is 5.90. The molecule has 0 unspecified atom stereocenters. The molecule has 0 fully saturated rings. The number of nitrogens with zero attached hydrogens (tertiary/aromatic N) is 4. The number of aromatic nitrogens is 4. The van der Waals surface area contributed by atoms with E-state index in [4.69, 9.17) is 9.97 Å². The molecule has 5 heteroatoms. The van der Waals surface area contributed by atoms with Gasteiger partial charge in [0.2, 0.25) is 5.95 Å². The van der Waals surface area contributed by atoms with Crippen molar-refractivity contribution in [2.24, 2.45) is 0 Å². The van der Waals surface area contributed by atoms with Crippen molar-refractivity contribution in [1.29, 1.82) is 0 Å². The van der Waals surface area contributed by atoms with E-state index in [2.05, 4.69) is 167 Å². The van der Waals surface area contributed by atoms with Gasteiger partial charge in [-0.1, -0.05) is 121 Å². The van der Waals surface area contributed by atoms with E-state index >= 15 is 0 Å². The van der Waals surface area contributed by atoms with Crippen molar-refractivity contribution in [2.75, 3.05) is 0 Å². The van der Waals surface area contributed by atoms with Gasteiger partial charge in [0.15, 0.2) is 0 Å². The maximum atomic E-state index is 5.28. The Hall–Kier alpha value is -6.82. The molecular formula is C48H28N4S. The maximum Gasteiger partial charge on any atom is 0.235 e. The fourth-order valence-electron chi connectivity index (χ4n) is 8.66. The second-order valence-corrected chi connectivity index (χ2v) is 14.8. The SMILES string of the molecule is c1ccc(-c2nc(-n3c4ccccc4c4cc(-c5ccc6c7c5cccc7c5cccc7sc8ccccc8n6-c75)ccc43)nc3ccccc23)cc1. The Morgan fingerprint density at radius 2 is 1.08 bits per heavy atom. The van der Waals surface area contributed by atoms with Crippen LogP contribution < -0.4 is 0 Å². The molecule has 4 heterocycles. The summed E-state index contributed by atoms with van der Waals surface area (Å²) in [6, 6.07) is 61.2. The van der Waals surface area contributed by atoms with Crippen molar-refractivity contribution in [2.45, 2.75) is 0 Å². The fourth-order valence-corrected chi connectivity index (χ4v) is 9.75. The summed E-state index contributed by atoms with van der Waals surface area (Å²) in [7, 11) is 0. The number of hydrogen-bond acceptors (Lipinski definition) is 3. The molecule has 246 valence electrons. The van der Waals surface area contributed by atoms with Crippen LogP contribution in [0.4, 0.5) is 0 Å². The van der Waals surface area contributed by atoms with Gasteiger partial charge in [0.1, 0.15) is 0 Å². The molecule has 12 rings (SSSR count). The van der Waals surface area contributed by atoms with Crippen LogP contribution in [-0.4, -0.2) is 19.1 Å². The summed E-state index contributed by atoms with van der Waals surface area (Å²) in [5.74, 6) is 0.668. The van der Waals surface area contributed by atoms with Crippen LogP contribution in [0.25, 0.3) is 109 Å². The molecule has 0 aliphatic carbocycles. The highest BCUT2D eigenvalue weighted by atomic mass is 32.1. The minimum absolute atomic E-state index is 0.668. The third kappa shape index (κ3) is 4.05. The number of pyridine rings is 1. The fraction of sp³-hybridized carbons (Fsp3) is 0. The van der Waals surface area contributed by atoms with Gasteiger partial charge in [-0.05, 0) is 70.4 Å². The van der Waals surface area contributed by atoms with Crippen LogP contribution in [-0.2, 0) is 0 Å². The van der Waals surface area contributed by atoms with Crippen LogP contribution in [0.3, 0.4) is 0 Å². The lowest BCUT2D eigenvalue weighted by Crippen LogP contribution is -2.04. The van der Waals surface area contributed by atoms with Crippen molar-refractivity contribution in [1.82, 2.24) is 19.1 Å². The maximum absolute atomic E-state index is 5.28. The molecular weight excluding hydrogens is 665 g/mol. The van der Waals surface area contributed by atoms with Gasteiger partial charge in [0.05, 0.1) is 48.4 Å². The molecule has 0 amide bonds. The largest absolute Gasteiger partial charge is 0.306 e. The van der Waals surface area contributed by atoms with Gasteiger partial charge < -0.3 is 4.57 Å². The summed E-state index contributed by atoms with van der Waals surface area (Å²) in [6.45, 7) is 0. The van der Waals surface area contributed by atoms with Crippen LogP contribution in [0, 0.1) is 0 Å². The molecule has 53 heavy (non-hydrogen) atoms. The normalized spacial score (nSPS) is 12.2. The van der Waals surface area contributed by atoms with E-state index in [0.717, 1.165) is 33.2 Å². The third-order valence-corrected chi connectivity index (χ3v) is 12.0. The van der Waals surface area contributed by atoms with E-state index in [-0.39, 0.29) is 0 Å². The van der Waals surface area contributed by atoms with Gasteiger partial charge in [0, 0.05) is 32.5 Å². The minimum Gasteiger partial charge on any atom is -0.306 e. The van der Waals surface area contributed by atoms with E-state index in [1.807, 2.05) is 23.5 Å². The summed E-state index contributed by atoms with van der Waals surface area (Å²) in [4.78, 5) is 10.4. The topological polar surface area (TPSA) is 35.6 Å². The highest BCUT2D eigenvalue weighted by Crippen LogP contribution is 2.45. The average Bonchev–Trinajstić information content (AvgIpc) is 3.55. The molecule has 0 saturated heterocycles. The Morgan fingerprint density at radius 1 is 0.396 bits per heavy atom. The van der Waals surface area contributed by atoms with Gasteiger partial charge in [-0.25, -0.2) is 9.97 Å². The lowest BCUT2D eigenvalue weighted by Gasteiger charge is -2.24. The number of hydrogen-bond donors (Lipinski definition) is 0. The first kappa shape index (κ1) is 28.8. The van der Waals surface area contributed by atoms with Crippen molar-refractivity contribution in [3.05, 3.63) is 170 Å². The van der Waals surface area contributed by atoms with Crippen LogP contribution in [0.15, 0.2) is 170 Å². The predicted molar refractivity (Wildman–Crippen MR) is 223 cm³/mol. The zero-order chi connectivity index (χ0) is 34.6. The molecule has 2 aliphatic heterocycles. The molecule has 0 radical (unpaired) electrons. The molecule has 10 aromatic rings. The first-order chi connectivity index (χ1) is 26.3. The van der Waals surface area contributed by atoms with Crippen LogP contribution in [0.1, 0.15) is 0 Å². The van der Waals surface area contributed by atoms with Crippen molar-refractivity contribution < 1.29 is 0 Å². The third-order valence-electron chi connectivity index (χ3n) is 10.9. The minimum atomic E-state index is 0.668. The van der Waals surface area contributed by atoms with E-state index in [1.165, 1.54) is 69.6 Å². The Bertz CT molecular complexity index is 3400. The van der Waals surface area contributed by atoms with Gasteiger partial charge in [-0.2, -0.15) is 0 Å². The number of fused-ring (bicyclic) bond motifs is 8. The van der Waals surface area contributed by atoms with E-state index in [0.29, 0.717) is 5.95 Å². The van der Waals surface area contributed by atoms with E-state index in [1.54, 1.807) is 0 Å². The number of rotatable bonds is 3. The van der Waals surface area contributed by atoms with Gasteiger partial charge in [0.25, 0.3) is 0 Å². The molecule has 0 atom stereocenters. The smallest absolute Gasteiger partial charge is 0.235 e. The molecule has 4 nitrogen and oxygen atoms in total. The molecule has 0 saturated carbocycles. The second kappa shape index (κ2) is 10.8. The number of para-hydroxylation sites is 4. The van der Waals surface area contributed by atoms with Gasteiger partial charge in [-0.3, -0.25) is 4.57 Å². The summed E-state index contributed by atoms with van der Waals surface area (Å²) >= 11 is 1.86. The van der Waals surface area contributed by atoms with Gasteiger partial charge in [-0.15, -0.1) is 11.3 Å². The predicted octanol–water partition coefficient (Wildman–Crippen LogP) is 13.0. The molecule has 2 aromatic heterocycles. The zero-order valence-corrected chi connectivity index (χ0v) is 29.2. The summed E-state index contributed by atoms with van der Waals surface area (Å²) in [5, 5.41) is 8.50. The van der Waals surface area contributed by atoms with E-state index < -0.39 is 0 Å². The quantitative estimate of drug-likeness (QED) is 0.136. The first-order valence-corrected chi connectivity index (χ1v) is 18.7. The molecule has 0 N–H and O–H groups in total. The molecule has 2 aliphatic rings. The second-order valence-electron chi connectivity index (χ2n) is 13.8. The highest BCUT2D eigenvalue weighted by Gasteiger charge is 2.22. The lowest BCUT2D eigenvalue weighted by molar-refractivity contribution is 1.01. The van der Waals surface area contributed by atoms with Crippen molar-refractivity contribution in [3.63, 3.8) is 0 Å². The zero-order valence-electron chi connectivity index (χ0n) is 28.4. The number of benzene rings is 8. The highest BCUT2D eigenvalue weighted by molar-refractivity contribution is 7.24. The summed E-state index contributed by atoms with van der Waals surface area (Å²) < 4.78 is 7.29. The van der Waals surface area contributed by atoms with Crippen LogP contribution >= 0.6 is 11.3 Å². The Balaban J connectivity index is 1.13. The molecule has 8 aromatic carbocycles. The first-order valence-electron chi connectivity index (χ1n) is 17.9. The van der Waals surface area contributed by atoms with Crippen molar-refractivity contribution >= 4 is 86.0 Å².